The van der Waals surface area contributed by atoms with Gasteiger partial charge in [-0.2, -0.15) is 0 Å². The Bertz CT molecular complexity index is 819. The Hall–Kier alpha value is -2.86. The second-order valence-corrected chi connectivity index (χ2v) is 5.68. The molecular weight excluding hydrogens is 344 g/mol. The molecule has 2 N–H and O–H groups in total. The van der Waals surface area contributed by atoms with E-state index < -0.39 is 11.9 Å². The first kappa shape index (κ1) is 18.5. The van der Waals surface area contributed by atoms with Gasteiger partial charge in [-0.05, 0) is 36.8 Å². The Morgan fingerprint density at radius 1 is 1.04 bits per heavy atom. The quantitative estimate of drug-likeness (QED) is 0.821. The first-order valence-electron chi connectivity index (χ1n) is 7.49. The highest BCUT2D eigenvalue weighted by Gasteiger charge is 2.14. The second-order valence-electron chi connectivity index (χ2n) is 5.24. The van der Waals surface area contributed by atoms with E-state index in [0.717, 1.165) is 23.8 Å². The Balaban J connectivity index is 0.000000242. The molecule has 0 amide bonds. The van der Waals surface area contributed by atoms with Crippen molar-refractivity contribution in [3.63, 3.8) is 0 Å². The summed E-state index contributed by atoms with van der Waals surface area (Å²) in [7, 11) is 0. The summed E-state index contributed by atoms with van der Waals surface area (Å²) in [5.74, 6) is -2.51. The van der Waals surface area contributed by atoms with Gasteiger partial charge in [0.2, 0.25) is 0 Å². The number of carboxylic acids is 2. The highest BCUT2D eigenvalue weighted by atomic mass is 35.5. The Labute approximate surface area is 149 Å². The summed E-state index contributed by atoms with van der Waals surface area (Å²) in [6.07, 6.45) is 1.12. The average molecular weight is 361 g/mol. The van der Waals surface area contributed by atoms with Crippen molar-refractivity contribution >= 4 is 29.3 Å². The third kappa shape index (κ3) is 5.06. The number of halogens is 1. The summed E-state index contributed by atoms with van der Waals surface area (Å²) in [6.45, 7) is 3.89. The van der Waals surface area contributed by atoms with Gasteiger partial charge in [0.15, 0.2) is 0 Å². The number of nitrogens with zero attached hydrogens (tertiary/aromatic N) is 2. The zero-order valence-electron chi connectivity index (χ0n) is 13.5. The predicted molar refractivity (Wildman–Crippen MR) is 96.4 cm³/mol. The number of benzene rings is 1. The number of fused-ring (bicyclic) bond motifs is 1. The van der Waals surface area contributed by atoms with Crippen molar-refractivity contribution in [3.05, 3.63) is 59.3 Å². The van der Waals surface area contributed by atoms with E-state index in [0.29, 0.717) is 12.2 Å². The van der Waals surface area contributed by atoms with Crippen LogP contribution in [-0.2, 0) is 16.1 Å². The van der Waals surface area contributed by atoms with E-state index in [9.17, 15) is 9.59 Å². The first-order chi connectivity index (χ1) is 11.9. The highest BCUT2D eigenvalue weighted by Crippen LogP contribution is 2.26. The maximum Gasteiger partial charge on any atom is 0.328 e. The normalized spacial score (nSPS) is 12.8. The molecular formula is C18H17ClN2O4. The largest absolute Gasteiger partial charge is 0.478 e. The van der Waals surface area contributed by atoms with Gasteiger partial charge in [-0.3, -0.25) is 4.99 Å². The zero-order chi connectivity index (χ0) is 18.4. The lowest BCUT2D eigenvalue weighted by atomic mass is 10.1. The molecule has 0 unspecified atom stereocenters. The topological polar surface area (TPSA) is 91.9 Å². The number of hydrogen-bond donors (Lipinski definition) is 2. The average Bonchev–Trinajstić information content (AvgIpc) is 3.00. The Morgan fingerprint density at radius 3 is 2.16 bits per heavy atom. The molecule has 130 valence electrons. The van der Waals surface area contributed by atoms with Crippen LogP contribution >= 0.6 is 11.6 Å². The Kier molecular flexibility index (Phi) is 6.14. The lowest BCUT2D eigenvalue weighted by Gasteiger charge is -2.16. The maximum atomic E-state index is 9.55. The third-order valence-corrected chi connectivity index (χ3v) is 3.78. The van der Waals surface area contributed by atoms with Crippen molar-refractivity contribution < 1.29 is 19.8 Å². The van der Waals surface area contributed by atoms with Crippen molar-refractivity contribution in [2.45, 2.75) is 13.5 Å². The Morgan fingerprint density at radius 2 is 1.60 bits per heavy atom. The van der Waals surface area contributed by atoms with Gasteiger partial charge in [-0.25, -0.2) is 9.59 Å². The molecule has 0 saturated carbocycles. The third-order valence-electron chi connectivity index (χ3n) is 3.53. The van der Waals surface area contributed by atoms with E-state index in [-0.39, 0.29) is 0 Å². The molecule has 1 aromatic carbocycles. The van der Waals surface area contributed by atoms with Crippen LogP contribution in [0, 0.1) is 0 Å². The molecule has 1 aromatic heterocycles. The number of aliphatic carboxylic acids is 2. The molecule has 25 heavy (non-hydrogen) atoms. The molecule has 2 aromatic rings. The molecule has 0 radical (unpaired) electrons. The predicted octanol–water partition coefficient (Wildman–Crippen LogP) is 3.34. The zero-order valence-corrected chi connectivity index (χ0v) is 14.3. The van der Waals surface area contributed by atoms with Crippen LogP contribution in [0.5, 0.6) is 0 Å². The molecule has 7 heteroatoms. The molecule has 0 bridgehead atoms. The summed E-state index contributed by atoms with van der Waals surface area (Å²) >= 11 is 5.91. The molecule has 0 spiro atoms. The van der Waals surface area contributed by atoms with Gasteiger partial charge in [-0.1, -0.05) is 23.7 Å². The lowest BCUT2D eigenvalue weighted by Crippen LogP contribution is -2.16. The number of aromatic nitrogens is 1. The molecule has 3 rings (SSSR count). The van der Waals surface area contributed by atoms with Gasteiger partial charge in [0, 0.05) is 29.4 Å². The summed E-state index contributed by atoms with van der Waals surface area (Å²) in [5, 5.41) is 16.4. The minimum Gasteiger partial charge on any atom is -0.478 e. The van der Waals surface area contributed by atoms with E-state index in [1.165, 1.54) is 17.0 Å². The van der Waals surface area contributed by atoms with Crippen molar-refractivity contribution in [1.82, 2.24) is 4.57 Å². The standard InChI is InChI=1S/C14H13ClN2.C4H4O4/c1-10-13-6-7-14(17(13)9-8-16-10)11-2-4-12(15)5-3-11;5-3(6)1-2-4(7)8/h2-7H,8-9H2,1H3;1-2H,(H,5,6)(H,7,8)/b;2-1+. The van der Waals surface area contributed by atoms with E-state index in [1.807, 2.05) is 12.1 Å². The van der Waals surface area contributed by atoms with Crippen LogP contribution in [0.3, 0.4) is 0 Å². The number of carbonyl (C=O) groups is 2. The van der Waals surface area contributed by atoms with Crippen molar-refractivity contribution in [2.24, 2.45) is 4.99 Å². The number of rotatable bonds is 3. The SMILES string of the molecule is CC1=NCCn2c1ccc2-c1ccc(Cl)cc1.O=C(O)/C=C/C(=O)O. The number of aliphatic imine (C=N–C) groups is 1. The van der Waals surface area contributed by atoms with Crippen LogP contribution in [-0.4, -0.2) is 39.0 Å². The van der Waals surface area contributed by atoms with Crippen LogP contribution in [0.4, 0.5) is 0 Å². The van der Waals surface area contributed by atoms with Gasteiger partial charge >= 0.3 is 11.9 Å². The summed E-state index contributed by atoms with van der Waals surface area (Å²) in [4.78, 5) is 23.6. The molecule has 0 fully saturated rings. The minimum absolute atomic E-state index is 0.558. The summed E-state index contributed by atoms with van der Waals surface area (Å²) < 4.78 is 2.32. The van der Waals surface area contributed by atoms with Crippen molar-refractivity contribution in [1.29, 1.82) is 0 Å². The summed E-state index contributed by atoms with van der Waals surface area (Å²) in [6, 6.07) is 12.3. The van der Waals surface area contributed by atoms with Crippen LogP contribution in [0.2, 0.25) is 5.02 Å². The van der Waals surface area contributed by atoms with Crippen LogP contribution < -0.4 is 0 Å². The van der Waals surface area contributed by atoms with Crippen molar-refractivity contribution in [3.8, 4) is 11.3 Å². The molecule has 2 heterocycles. The van der Waals surface area contributed by atoms with Gasteiger partial charge in [0.1, 0.15) is 0 Å². The summed E-state index contributed by atoms with van der Waals surface area (Å²) in [5.41, 5.74) is 4.79. The van der Waals surface area contributed by atoms with E-state index in [2.05, 4.69) is 40.7 Å². The molecule has 0 aliphatic carbocycles. The smallest absolute Gasteiger partial charge is 0.328 e. The number of hydrogen-bond acceptors (Lipinski definition) is 3. The molecule has 6 nitrogen and oxygen atoms in total. The van der Waals surface area contributed by atoms with Gasteiger partial charge in [0.05, 0.1) is 18.0 Å². The van der Waals surface area contributed by atoms with Gasteiger partial charge in [0.25, 0.3) is 0 Å². The monoisotopic (exact) mass is 360 g/mol. The molecule has 0 saturated heterocycles. The molecule has 0 atom stereocenters. The number of carboxylic acid groups (broad SMARTS) is 2. The fourth-order valence-corrected chi connectivity index (χ4v) is 2.56. The van der Waals surface area contributed by atoms with E-state index in [4.69, 9.17) is 21.8 Å². The molecule has 1 aliphatic heterocycles. The van der Waals surface area contributed by atoms with Gasteiger partial charge < -0.3 is 14.8 Å². The van der Waals surface area contributed by atoms with Crippen molar-refractivity contribution in [2.75, 3.05) is 6.54 Å². The van der Waals surface area contributed by atoms with Crippen LogP contribution in [0.25, 0.3) is 11.3 Å². The lowest BCUT2D eigenvalue weighted by molar-refractivity contribution is -0.134. The molecule has 1 aliphatic rings. The second kappa shape index (κ2) is 8.30. The van der Waals surface area contributed by atoms with E-state index >= 15 is 0 Å². The fraction of sp³-hybridized carbons (Fsp3) is 0.167. The first-order valence-corrected chi connectivity index (χ1v) is 7.87. The van der Waals surface area contributed by atoms with Crippen LogP contribution in [0.15, 0.2) is 53.5 Å². The minimum atomic E-state index is -1.26. The maximum absolute atomic E-state index is 9.55. The van der Waals surface area contributed by atoms with Gasteiger partial charge in [-0.15, -0.1) is 0 Å². The van der Waals surface area contributed by atoms with E-state index in [1.54, 1.807) is 0 Å². The van der Waals surface area contributed by atoms with Crippen LogP contribution in [0.1, 0.15) is 12.6 Å². The highest BCUT2D eigenvalue weighted by molar-refractivity contribution is 6.30. The fourth-order valence-electron chi connectivity index (χ4n) is 2.44.